The number of nitrogens with zero attached hydrogens (tertiary/aromatic N) is 3. The fraction of sp³-hybridized carbons (Fsp3) is 0.625. The minimum atomic E-state index is -1.04. The molecule has 0 atom stereocenters. The first kappa shape index (κ1) is 8.98. The van der Waals surface area contributed by atoms with Gasteiger partial charge in [0.05, 0.1) is 0 Å². The van der Waals surface area contributed by atoms with Crippen LogP contribution in [0.3, 0.4) is 0 Å². The quantitative estimate of drug-likeness (QED) is 0.735. The first-order valence-electron chi connectivity index (χ1n) is 4.65. The van der Waals surface area contributed by atoms with Crippen molar-refractivity contribution >= 4 is 11.9 Å². The third-order valence-electron chi connectivity index (χ3n) is 2.17. The second-order valence-electron chi connectivity index (χ2n) is 3.32. The molecule has 1 aliphatic rings. The number of rotatable bonds is 4. The fourth-order valence-corrected chi connectivity index (χ4v) is 1.28. The van der Waals surface area contributed by atoms with Crippen LogP contribution in [0.4, 0.5) is 5.95 Å². The summed E-state index contributed by atoms with van der Waals surface area (Å²) in [5.41, 5.74) is 0. The van der Waals surface area contributed by atoms with Crippen LogP contribution < -0.4 is 5.32 Å². The van der Waals surface area contributed by atoms with Crippen LogP contribution in [0, 0.1) is 0 Å². The number of nitrogens with one attached hydrogen (secondary N) is 1. The Morgan fingerprint density at radius 3 is 2.86 bits per heavy atom. The van der Waals surface area contributed by atoms with Crippen LogP contribution in [0.5, 0.6) is 0 Å². The van der Waals surface area contributed by atoms with Crippen LogP contribution in [0.25, 0.3) is 0 Å². The maximum Gasteiger partial charge on any atom is 0.374 e. The van der Waals surface area contributed by atoms with Crippen LogP contribution >= 0.6 is 0 Å². The zero-order chi connectivity index (χ0) is 10.1. The molecule has 1 aromatic heterocycles. The lowest BCUT2D eigenvalue weighted by molar-refractivity contribution is 0.0678. The number of hydrogen-bond donors (Lipinski definition) is 2. The zero-order valence-corrected chi connectivity index (χ0v) is 7.90. The van der Waals surface area contributed by atoms with Gasteiger partial charge in [0, 0.05) is 12.6 Å². The van der Waals surface area contributed by atoms with Crippen molar-refractivity contribution in [1.82, 2.24) is 14.8 Å². The molecule has 0 amide bonds. The van der Waals surface area contributed by atoms with E-state index >= 15 is 0 Å². The number of aromatic nitrogens is 3. The molecule has 0 bridgehead atoms. The predicted molar refractivity (Wildman–Crippen MR) is 49.3 cm³/mol. The van der Waals surface area contributed by atoms with Crippen molar-refractivity contribution in [3.63, 3.8) is 0 Å². The van der Waals surface area contributed by atoms with Crippen molar-refractivity contribution in [1.29, 1.82) is 0 Å². The smallest absolute Gasteiger partial charge is 0.374 e. The number of hydrogen-bond acceptors (Lipinski definition) is 4. The van der Waals surface area contributed by atoms with E-state index in [4.69, 9.17) is 5.11 Å². The summed E-state index contributed by atoms with van der Waals surface area (Å²) in [7, 11) is 0. The molecule has 0 saturated heterocycles. The number of carbonyl (C=O) groups is 1. The number of aromatic carboxylic acids is 1. The van der Waals surface area contributed by atoms with Gasteiger partial charge in [-0.3, -0.25) is 4.57 Å². The highest BCUT2D eigenvalue weighted by molar-refractivity contribution is 5.83. The van der Waals surface area contributed by atoms with E-state index in [1.54, 1.807) is 4.57 Å². The molecule has 2 N–H and O–H groups in total. The van der Waals surface area contributed by atoms with E-state index in [-0.39, 0.29) is 5.82 Å². The molecule has 76 valence electrons. The number of carboxylic acids is 1. The summed E-state index contributed by atoms with van der Waals surface area (Å²) in [4.78, 5) is 10.7. The van der Waals surface area contributed by atoms with Gasteiger partial charge in [0.25, 0.3) is 0 Å². The predicted octanol–water partition coefficient (Wildman–Crippen LogP) is 0.570. The molecule has 0 unspecified atom stereocenters. The van der Waals surface area contributed by atoms with E-state index < -0.39 is 5.97 Å². The Hall–Kier alpha value is -1.59. The molecular formula is C8H12N4O2. The van der Waals surface area contributed by atoms with Gasteiger partial charge >= 0.3 is 5.97 Å². The average molecular weight is 196 g/mol. The van der Waals surface area contributed by atoms with Crippen molar-refractivity contribution in [2.24, 2.45) is 0 Å². The lowest BCUT2D eigenvalue weighted by atomic mass is 10.5. The minimum Gasteiger partial charge on any atom is -0.475 e. The second kappa shape index (κ2) is 3.28. The van der Waals surface area contributed by atoms with Gasteiger partial charge in [-0.15, -0.1) is 10.2 Å². The summed E-state index contributed by atoms with van der Waals surface area (Å²) < 4.78 is 1.57. The van der Waals surface area contributed by atoms with E-state index in [1.165, 1.54) is 0 Å². The molecule has 2 rings (SSSR count). The molecule has 0 aromatic carbocycles. The molecule has 1 aliphatic carbocycles. The van der Waals surface area contributed by atoms with Gasteiger partial charge < -0.3 is 10.4 Å². The maximum absolute atomic E-state index is 10.7. The lowest BCUT2D eigenvalue weighted by Crippen LogP contribution is -2.13. The molecule has 0 aliphatic heterocycles. The van der Waals surface area contributed by atoms with Gasteiger partial charge in [-0.25, -0.2) is 4.79 Å². The first-order valence-corrected chi connectivity index (χ1v) is 4.65. The third-order valence-corrected chi connectivity index (χ3v) is 2.17. The highest BCUT2D eigenvalue weighted by atomic mass is 16.4. The Bertz CT molecular complexity index is 356. The van der Waals surface area contributed by atoms with Crippen LogP contribution in [0.1, 0.15) is 30.4 Å². The number of carboxylic acid groups (broad SMARTS) is 1. The van der Waals surface area contributed by atoms with Crippen LogP contribution in [-0.4, -0.2) is 31.9 Å². The number of anilines is 1. The second-order valence-corrected chi connectivity index (χ2v) is 3.32. The fourth-order valence-electron chi connectivity index (χ4n) is 1.28. The summed E-state index contributed by atoms with van der Waals surface area (Å²) >= 11 is 0. The normalized spacial score (nSPS) is 15.5. The van der Waals surface area contributed by atoms with Gasteiger partial charge in [-0.1, -0.05) is 0 Å². The molecule has 1 saturated carbocycles. The molecule has 14 heavy (non-hydrogen) atoms. The summed E-state index contributed by atoms with van der Waals surface area (Å²) in [6.45, 7) is 2.43. The summed E-state index contributed by atoms with van der Waals surface area (Å²) in [6.07, 6.45) is 2.25. The monoisotopic (exact) mass is 196 g/mol. The first-order chi connectivity index (χ1) is 6.72. The Kier molecular flexibility index (Phi) is 2.11. The average Bonchev–Trinajstić information content (AvgIpc) is 2.83. The van der Waals surface area contributed by atoms with Gasteiger partial charge in [0.15, 0.2) is 0 Å². The lowest BCUT2D eigenvalue weighted by Gasteiger charge is -2.05. The van der Waals surface area contributed by atoms with Crippen molar-refractivity contribution in [3.8, 4) is 0 Å². The van der Waals surface area contributed by atoms with E-state index in [0.717, 1.165) is 12.8 Å². The Labute approximate surface area is 80.9 Å². The minimum absolute atomic E-state index is 0.00403. The SMILES string of the molecule is CCn1c(NC2CC2)nnc1C(=O)O. The molecule has 6 nitrogen and oxygen atoms in total. The largest absolute Gasteiger partial charge is 0.475 e. The third kappa shape index (κ3) is 1.55. The highest BCUT2D eigenvalue weighted by Gasteiger charge is 2.25. The van der Waals surface area contributed by atoms with Crippen molar-refractivity contribution in [2.75, 3.05) is 5.32 Å². The molecule has 1 heterocycles. The van der Waals surface area contributed by atoms with Crippen LogP contribution in [0.15, 0.2) is 0 Å². The van der Waals surface area contributed by atoms with Gasteiger partial charge in [-0.05, 0) is 19.8 Å². The van der Waals surface area contributed by atoms with Crippen molar-refractivity contribution < 1.29 is 9.90 Å². The standard InChI is InChI=1S/C8H12N4O2/c1-2-12-6(7(13)14)10-11-8(12)9-5-3-4-5/h5H,2-4H2,1H3,(H,9,11)(H,13,14). The van der Waals surface area contributed by atoms with E-state index in [0.29, 0.717) is 18.5 Å². The molecular weight excluding hydrogens is 184 g/mol. The van der Waals surface area contributed by atoms with Crippen molar-refractivity contribution in [3.05, 3.63) is 5.82 Å². The van der Waals surface area contributed by atoms with Gasteiger partial charge in [0.2, 0.25) is 11.8 Å². The maximum atomic E-state index is 10.7. The highest BCUT2D eigenvalue weighted by Crippen LogP contribution is 2.23. The zero-order valence-electron chi connectivity index (χ0n) is 7.90. The Balaban J connectivity index is 2.25. The van der Waals surface area contributed by atoms with Crippen molar-refractivity contribution in [2.45, 2.75) is 32.4 Å². The topological polar surface area (TPSA) is 80.0 Å². The summed E-state index contributed by atoms with van der Waals surface area (Å²) in [5.74, 6) is -0.480. The molecule has 0 spiro atoms. The van der Waals surface area contributed by atoms with Crippen LogP contribution in [-0.2, 0) is 6.54 Å². The van der Waals surface area contributed by atoms with Gasteiger partial charge in [0.1, 0.15) is 0 Å². The Morgan fingerprint density at radius 2 is 2.36 bits per heavy atom. The van der Waals surface area contributed by atoms with E-state index in [1.807, 2.05) is 6.92 Å². The molecule has 6 heteroatoms. The Morgan fingerprint density at radius 1 is 1.64 bits per heavy atom. The van der Waals surface area contributed by atoms with Gasteiger partial charge in [-0.2, -0.15) is 0 Å². The summed E-state index contributed by atoms with van der Waals surface area (Å²) in [5, 5.41) is 19.4. The molecule has 1 fully saturated rings. The van der Waals surface area contributed by atoms with E-state index in [2.05, 4.69) is 15.5 Å². The molecule has 0 radical (unpaired) electrons. The van der Waals surface area contributed by atoms with E-state index in [9.17, 15) is 4.79 Å². The molecule has 1 aromatic rings. The summed E-state index contributed by atoms with van der Waals surface area (Å²) in [6, 6.07) is 0.450. The van der Waals surface area contributed by atoms with Crippen LogP contribution in [0.2, 0.25) is 0 Å².